The highest BCUT2D eigenvalue weighted by Gasteiger charge is 2.24. The van der Waals surface area contributed by atoms with Gasteiger partial charge in [0.1, 0.15) is 0 Å². The monoisotopic (exact) mass is 397 g/mol. The van der Waals surface area contributed by atoms with Crippen molar-refractivity contribution in [1.82, 2.24) is 14.8 Å². The smallest absolute Gasteiger partial charge is 0.256 e. The highest BCUT2D eigenvalue weighted by atomic mass is 79.9. The standard InChI is InChI=1S/C20H20BrN3O/c1-23-6-8-24(9-7-23)20(25)19-13-22-12-18(19)17-11-15(21)10-14-4-2-3-5-16(14)17/h2-5,10-13,22H,6-9H2,1H3. The number of benzene rings is 2. The van der Waals surface area contributed by atoms with Gasteiger partial charge in [0, 0.05) is 48.6 Å². The van der Waals surface area contributed by atoms with Crippen LogP contribution in [0.5, 0.6) is 0 Å². The molecule has 2 aromatic carbocycles. The summed E-state index contributed by atoms with van der Waals surface area (Å²) in [7, 11) is 2.09. The van der Waals surface area contributed by atoms with Gasteiger partial charge in [0.2, 0.25) is 0 Å². The number of likely N-dealkylation sites (N-methyl/N-ethyl adjacent to an activating group) is 1. The van der Waals surface area contributed by atoms with E-state index < -0.39 is 0 Å². The summed E-state index contributed by atoms with van der Waals surface area (Å²) in [5.41, 5.74) is 2.78. The lowest BCUT2D eigenvalue weighted by Gasteiger charge is -2.32. The van der Waals surface area contributed by atoms with E-state index in [0.29, 0.717) is 0 Å². The van der Waals surface area contributed by atoms with Crippen LogP contribution in [0.25, 0.3) is 21.9 Å². The first-order valence-electron chi connectivity index (χ1n) is 8.47. The van der Waals surface area contributed by atoms with Gasteiger partial charge in [-0.15, -0.1) is 0 Å². The molecular weight excluding hydrogens is 378 g/mol. The second-order valence-electron chi connectivity index (χ2n) is 6.55. The second-order valence-corrected chi connectivity index (χ2v) is 7.47. The molecule has 0 atom stereocenters. The van der Waals surface area contributed by atoms with Crippen LogP contribution in [0.3, 0.4) is 0 Å². The predicted octanol–water partition coefficient (Wildman–Crippen LogP) is 3.99. The summed E-state index contributed by atoms with van der Waals surface area (Å²) in [5.74, 6) is 0.105. The lowest BCUT2D eigenvalue weighted by molar-refractivity contribution is 0.0665. The maximum atomic E-state index is 13.1. The number of hydrogen-bond acceptors (Lipinski definition) is 2. The molecule has 0 aliphatic carbocycles. The molecule has 1 fully saturated rings. The third-order valence-corrected chi connectivity index (χ3v) is 5.34. The van der Waals surface area contributed by atoms with Crippen molar-refractivity contribution < 1.29 is 4.79 Å². The first kappa shape index (κ1) is 16.4. The van der Waals surface area contributed by atoms with Gasteiger partial charge >= 0.3 is 0 Å². The number of H-pyrrole nitrogens is 1. The van der Waals surface area contributed by atoms with E-state index in [1.165, 1.54) is 0 Å². The summed E-state index contributed by atoms with van der Waals surface area (Å²) in [6.45, 7) is 3.40. The molecule has 3 aromatic rings. The fourth-order valence-corrected chi connectivity index (χ4v) is 3.92. The topological polar surface area (TPSA) is 39.3 Å². The van der Waals surface area contributed by atoms with E-state index in [2.05, 4.69) is 57.1 Å². The Hall–Kier alpha value is -2.11. The lowest BCUT2D eigenvalue weighted by Crippen LogP contribution is -2.47. The van der Waals surface area contributed by atoms with E-state index in [1.807, 2.05) is 29.4 Å². The fraction of sp³-hybridized carbons (Fsp3) is 0.250. The number of halogens is 1. The summed E-state index contributed by atoms with van der Waals surface area (Å²) in [4.78, 5) is 20.4. The van der Waals surface area contributed by atoms with Crippen molar-refractivity contribution in [3.05, 3.63) is 58.8 Å². The number of aromatic nitrogens is 1. The summed E-state index contributed by atoms with van der Waals surface area (Å²) < 4.78 is 1.01. The van der Waals surface area contributed by atoms with Gasteiger partial charge in [-0.2, -0.15) is 0 Å². The van der Waals surface area contributed by atoms with Gasteiger partial charge in [0.05, 0.1) is 5.56 Å². The van der Waals surface area contributed by atoms with Crippen LogP contribution in [0, 0.1) is 0 Å². The van der Waals surface area contributed by atoms with Crippen LogP contribution in [-0.2, 0) is 0 Å². The average molecular weight is 398 g/mol. The molecule has 128 valence electrons. The van der Waals surface area contributed by atoms with Crippen LogP contribution >= 0.6 is 15.9 Å². The van der Waals surface area contributed by atoms with Crippen molar-refractivity contribution in [3.63, 3.8) is 0 Å². The van der Waals surface area contributed by atoms with E-state index >= 15 is 0 Å². The molecule has 1 aromatic heterocycles. The third kappa shape index (κ3) is 3.10. The molecule has 0 radical (unpaired) electrons. The van der Waals surface area contributed by atoms with E-state index in [0.717, 1.165) is 58.1 Å². The molecule has 2 heterocycles. The Bertz CT molecular complexity index is 926. The number of piperazine rings is 1. The van der Waals surface area contributed by atoms with Crippen molar-refractivity contribution >= 4 is 32.6 Å². The molecule has 0 unspecified atom stereocenters. The van der Waals surface area contributed by atoms with E-state index in [9.17, 15) is 4.79 Å². The number of carbonyl (C=O) groups is 1. The fourth-order valence-electron chi connectivity index (χ4n) is 3.44. The average Bonchev–Trinajstić information content (AvgIpc) is 3.10. The zero-order valence-corrected chi connectivity index (χ0v) is 15.7. The summed E-state index contributed by atoms with van der Waals surface area (Å²) in [6.07, 6.45) is 3.75. The third-order valence-electron chi connectivity index (χ3n) is 4.88. The minimum Gasteiger partial charge on any atom is -0.366 e. The molecular formula is C20H20BrN3O. The molecule has 1 aliphatic rings. The number of carbonyl (C=O) groups excluding carboxylic acids is 1. The first-order chi connectivity index (χ1) is 12.1. The van der Waals surface area contributed by atoms with Crippen molar-refractivity contribution in [2.45, 2.75) is 0 Å². The molecule has 0 spiro atoms. The van der Waals surface area contributed by atoms with E-state index in [4.69, 9.17) is 0 Å². The highest BCUT2D eigenvalue weighted by molar-refractivity contribution is 9.10. The zero-order chi connectivity index (χ0) is 17.4. The van der Waals surface area contributed by atoms with Crippen LogP contribution in [0.1, 0.15) is 10.4 Å². The Balaban J connectivity index is 1.77. The Morgan fingerprint density at radius 2 is 1.80 bits per heavy atom. The summed E-state index contributed by atoms with van der Waals surface area (Å²) in [5, 5.41) is 2.31. The molecule has 5 heteroatoms. The maximum absolute atomic E-state index is 13.1. The molecule has 4 nitrogen and oxygen atoms in total. The quantitative estimate of drug-likeness (QED) is 0.709. The summed E-state index contributed by atoms with van der Waals surface area (Å²) >= 11 is 3.60. The Morgan fingerprint density at radius 3 is 2.60 bits per heavy atom. The van der Waals surface area contributed by atoms with Crippen molar-refractivity contribution in [2.24, 2.45) is 0 Å². The van der Waals surface area contributed by atoms with E-state index in [-0.39, 0.29) is 5.91 Å². The van der Waals surface area contributed by atoms with Gasteiger partial charge in [-0.05, 0) is 35.5 Å². The molecule has 1 aliphatic heterocycles. The number of amides is 1. The van der Waals surface area contributed by atoms with Gasteiger partial charge in [-0.3, -0.25) is 4.79 Å². The van der Waals surface area contributed by atoms with Crippen molar-refractivity contribution in [1.29, 1.82) is 0 Å². The number of hydrogen-bond donors (Lipinski definition) is 1. The predicted molar refractivity (Wildman–Crippen MR) is 105 cm³/mol. The van der Waals surface area contributed by atoms with Crippen molar-refractivity contribution in [2.75, 3.05) is 33.2 Å². The van der Waals surface area contributed by atoms with Gasteiger partial charge in [-0.1, -0.05) is 40.2 Å². The van der Waals surface area contributed by atoms with Gasteiger partial charge in [0.15, 0.2) is 0 Å². The minimum absolute atomic E-state index is 0.105. The van der Waals surface area contributed by atoms with Crippen LogP contribution in [0.15, 0.2) is 53.3 Å². The Labute approximate surface area is 155 Å². The van der Waals surface area contributed by atoms with Gasteiger partial charge in [0.25, 0.3) is 5.91 Å². The largest absolute Gasteiger partial charge is 0.366 e. The molecule has 0 bridgehead atoms. The lowest BCUT2D eigenvalue weighted by atomic mass is 9.97. The van der Waals surface area contributed by atoms with Crippen LogP contribution < -0.4 is 0 Å². The maximum Gasteiger partial charge on any atom is 0.256 e. The molecule has 25 heavy (non-hydrogen) atoms. The molecule has 1 amide bonds. The van der Waals surface area contributed by atoms with Crippen LogP contribution in [0.4, 0.5) is 0 Å². The number of nitrogens with zero attached hydrogens (tertiary/aromatic N) is 2. The zero-order valence-electron chi connectivity index (χ0n) is 14.1. The van der Waals surface area contributed by atoms with Crippen LogP contribution in [-0.4, -0.2) is 53.9 Å². The number of rotatable bonds is 2. The number of nitrogens with one attached hydrogen (secondary N) is 1. The Kier molecular flexibility index (Phi) is 4.36. The Morgan fingerprint density at radius 1 is 1.04 bits per heavy atom. The molecule has 0 saturated carbocycles. The van der Waals surface area contributed by atoms with Crippen molar-refractivity contribution in [3.8, 4) is 11.1 Å². The number of fused-ring (bicyclic) bond motifs is 1. The molecule has 4 rings (SSSR count). The molecule has 1 saturated heterocycles. The van der Waals surface area contributed by atoms with E-state index in [1.54, 1.807) is 0 Å². The highest BCUT2D eigenvalue weighted by Crippen LogP contribution is 2.34. The normalized spacial score (nSPS) is 15.7. The van der Waals surface area contributed by atoms with Gasteiger partial charge in [-0.25, -0.2) is 0 Å². The van der Waals surface area contributed by atoms with Gasteiger partial charge < -0.3 is 14.8 Å². The van der Waals surface area contributed by atoms with Crippen LogP contribution in [0.2, 0.25) is 0 Å². The second kappa shape index (κ2) is 6.65. The minimum atomic E-state index is 0.105. The first-order valence-corrected chi connectivity index (χ1v) is 9.26. The SMILES string of the molecule is CN1CCN(C(=O)c2c[nH]cc2-c2cc(Br)cc3ccccc23)CC1. The number of aromatic amines is 1. The molecule has 1 N–H and O–H groups in total. The summed E-state index contributed by atoms with van der Waals surface area (Å²) in [6, 6.07) is 12.5.